The van der Waals surface area contributed by atoms with Gasteiger partial charge in [0.15, 0.2) is 9.84 Å². The van der Waals surface area contributed by atoms with Crippen LogP contribution in [0.25, 0.3) is 0 Å². The molecule has 2 rings (SSSR count). The van der Waals surface area contributed by atoms with Gasteiger partial charge >= 0.3 is 0 Å². The fourth-order valence-corrected chi connectivity index (χ4v) is 4.28. The van der Waals surface area contributed by atoms with Crippen LogP contribution in [0.2, 0.25) is 0 Å². The number of amides is 1. The van der Waals surface area contributed by atoms with Gasteiger partial charge in [-0.25, -0.2) is 8.42 Å². The maximum absolute atomic E-state index is 12.4. The molecule has 1 amide bonds. The van der Waals surface area contributed by atoms with Gasteiger partial charge in [-0.1, -0.05) is 12.1 Å². The van der Waals surface area contributed by atoms with E-state index in [-0.39, 0.29) is 22.8 Å². The van der Waals surface area contributed by atoms with Gasteiger partial charge in [-0.2, -0.15) is 0 Å². The number of nitrogens with zero attached hydrogens (tertiary/aromatic N) is 2. The molecular weight excluding hydrogens is 296 g/mol. The summed E-state index contributed by atoms with van der Waals surface area (Å²) in [7, 11) is -1.63. The van der Waals surface area contributed by atoms with Crippen LogP contribution in [0, 0.1) is 17.0 Å². The number of nitro groups is 1. The molecule has 114 valence electrons. The molecule has 1 aromatic rings. The third-order valence-corrected chi connectivity index (χ3v) is 5.48. The van der Waals surface area contributed by atoms with Gasteiger partial charge in [0.1, 0.15) is 5.56 Å². The highest BCUT2D eigenvalue weighted by atomic mass is 32.2. The topological polar surface area (TPSA) is 97.6 Å². The Bertz CT molecular complexity index is 699. The van der Waals surface area contributed by atoms with E-state index >= 15 is 0 Å². The lowest BCUT2D eigenvalue weighted by atomic mass is 10.1. The average molecular weight is 312 g/mol. The maximum atomic E-state index is 12.4. The molecule has 0 unspecified atom stereocenters. The van der Waals surface area contributed by atoms with E-state index in [4.69, 9.17) is 0 Å². The molecule has 1 aliphatic heterocycles. The van der Waals surface area contributed by atoms with E-state index in [2.05, 4.69) is 0 Å². The summed E-state index contributed by atoms with van der Waals surface area (Å²) in [5.74, 6) is -0.562. The monoisotopic (exact) mass is 312 g/mol. The second-order valence-electron chi connectivity index (χ2n) is 5.20. The Kier molecular flexibility index (Phi) is 3.99. The molecule has 21 heavy (non-hydrogen) atoms. The molecule has 8 heteroatoms. The number of hydrogen-bond acceptors (Lipinski definition) is 5. The third-order valence-electron chi connectivity index (χ3n) is 3.73. The molecule has 1 fully saturated rings. The van der Waals surface area contributed by atoms with Crippen molar-refractivity contribution >= 4 is 21.4 Å². The first-order valence-electron chi connectivity index (χ1n) is 6.44. The van der Waals surface area contributed by atoms with E-state index in [0.717, 1.165) is 0 Å². The Morgan fingerprint density at radius 3 is 2.62 bits per heavy atom. The third kappa shape index (κ3) is 3.05. The van der Waals surface area contributed by atoms with Crippen LogP contribution < -0.4 is 0 Å². The minimum absolute atomic E-state index is 0.00759. The molecule has 1 aromatic carbocycles. The van der Waals surface area contributed by atoms with Gasteiger partial charge in [-0.15, -0.1) is 0 Å². The van der Waals surface area contributed by atoms with E-state index in [9.17, 15) is 23.3 Å². The molecule has 1 aliphatic rings. The van der Waals surface area contributed by atoms with Gasteiger partial charge in [-0.3, -0.25) is 14.9 Å². The first-order chi connectivity index (χ1) is 9.73. The van der Waals surface area contributed by atoms with Crippen LogP contribution in [-0.4, -0.2) is 48.7 Å². The summed E-state index contributed by atoms with van der Waals surface area (Å²) in [6, 6.07) is 4.11. The molecule has 0 aliphatic carbocycles. The Balaban J connectivity index is 2.33. The second kappa shape index (κ2) is 5.44. The summed E-state index contributed by atoms with van der Waals surface area (Å²) < 4.78 is 23.0. The standard InChI is InChI=1S/C13H16N2O5S/c1-9-4-3-5-11(12(9)15(17)18)13(16)14(2)10-6-7-21(19,20)8-10/h3-5,10H,6-8H2,1-2H3/t10-/m1/s1. The summed E-state index contributed by atoms with van der Waals surface area (Å²) in [4.78, 5) is 24.3. The van der Waals surface area contributed by atoms with E-state index in [1.807, 2.05) is 0 Å². The second-order valence-corrected chi connectivity index (χ2v) is 7.43. The number of nitro benzene ring substituents is 1. The van der Waals surface area contributed by atoms with Crippen LogP contribution >= 0.6 is 0 Å². The largest absolute Gasteiger partial charge is 0.337 e. The molecule has 0 N–H and O–H groups in total. The number of carbonyl (C=O) groups excluding carboxylic acids is 1. The molecule has 0 aromatic heterocycles. The minimum atomic E-state index is -3.12. The lowest BCUT2D eigenvalue weighted by molar-refractivity contribution is -0.385. The fraction of sp³-hybridized carbons (Fsp3) is 0.462. The van der Waals surface area contributed by atoms with Crippen molar-refractivity contribution in [2.75, 3.05) is 18.6 Å². The van der Waals surface area contributed by atoms with Gasteiger partial charge in [-0.05, 0) is 19.4 Å². The number of para-hydroxylation sites is 1. The fourth-order valence-electron chi connectivity index (χ4n) is 2.51. The van der Waals surface area contributed by atoms with Gasteiger partial charge < -0.3 is 4.90 Å². The predicted octanol–water partition coefficient (Wildman–Crippen LogP) is 1.16. The van der Waals surface area contributed by atoms with Crippen LogP contribution in [-0.2, 0) is 9.84 Å². The lowest BCUT2D eigenvalue weighted by Gasteiger charge is -2.23. The van der Waals surface area contributed by atoms with Crippen LogP contribution in [0.15, 0.2) is 18.2 Å². The zero-order valence-electron chi connectivity index (χ0n) is 11.8. The average Bonchev–Trinajstić information content (AvgIpc) is 2.76. The number of aryl methyl sites for hydroxylation is 1. The van der Waals surface area contributed by atoms with Crippen LogP contribution in [0.5, 0.6) is 0 Å². The Morgan fingerprint density at radius 1 is 1.43 bits per heavy atom. The molecule has 0 bridgehead atoms. The summed E-state index contributed by atoms with van der Waals surface area (Å²) in [6.45, 7) is 1.56. The maximum Gasteiger partial charge on any atom is 0.285 e. The van der Waals surface area contributed by atoms with Crippen molar-refractivity contribution < 1.29 is 18.1 Å². The zero-order chi connectivity index (χ0) is 15.8. The van der Waals surface area contributed by atoms with E-state index in [0.29, 0.717) is 12.0 Å². The number of rotatable bonds is 3. The van der Waals surface area contributed by atoms with Crippen molar-refractivity contribution in [1.82, 2.24) is 4.90 Å². The van der Waals surface area contributed by atoms with Crippen molar-refractivity contribution in [1.29, 1.82) is 0 Å². The smallest absolute Gasteiger partial charge is 0.285 e. The molecule has 1 heterocycles. The van der Waals surface area contributed by atoms with E-state index in [1.54, 1.807) is 19.1 Å². The SMILES string of the molecule is Cc1cccc(C(=O)N(C)[C@@H]2CCS(=O)(=O)C2)c1[N+](=O)[O-]. The number of hydrogen-bond donors (Lipinski definition) is 0. The van der Waals surface area contributed by atoms with Crippen molar-refractivity contribution in [2.45, 2.75) is 19.4 Å². The van der Waals surface area contributed by atoms with Gasteiger partial charge in [0.25, 0.3) is 11.6 Å². The van der Waals surface area contributed by atoms with E-state index < -0.39 is 26.7 Å². The minimum Gasteiger partial charge on any atom is -0.337 e. The van der Waals surface area contributed by atoms with Crippen molar-refractivity contribution in [3.63, 3.8) is 0 Å². The molecule has 0 saturated carbocycles. The highest BCUT2D eigenvalue weighted by molar-refractivity contribution is 7.91. The van der Waals surface area contributed by atoms with Crippen LogP contribution in [0.1, 0.15) is 22.3 Å². The molecule has 7 nitrogen and oxygen atoms in total. The van der Waals surface area contributed by atoms with Gasteiger partial charge in [0.2, 0.25) is 0 Å². The van der Waals surface area contributed by atoms with Crippen molar-refractivity contribution in [3.8, 4) is 0 Å². The summed E-state index contributed by atoms with van der Waals surface area (Å²) >= 11 is 0. The molecular formula is C13H16N2O5S. The highest BCUT2D eigenvalue weighted by Crippen LogP contribution is 2.26. The van der Waals surface area contributed by atoms with Gasteiger partial charge in [0, 0.05) is 18.7 Å². The van der Waals surface area contributed by atoms with Crippen LogP contribution in [0.4, 0.5) is 5.69 Å². The predicted molar refractivity (Wildman–Crippen MR) is 77.0 cm³/mol. The normalized spacial score (nSPS) is 20.2. The summed E-state index contributed by atoms with van der Waals surface area (Å²) in [6.07, 6.45) is 0.365. The van der Waals surface area contributed by atoms with Crippen molar-refractivity contribution in [2.24, 2.45) is 0 Å². The molecule has 0 radical (unpaired) electrons. The number of benzene rings is 1. The summed E-state index contributed by atoms with van der Waals surface area (Å²) in [5, 5.41) is 11.1. The molecule has 1 atom stereocenters. The molecule has 1 saturated heterocycles. The number of carbonyl (C=O) groups is 1. The zero-order valence-corrected chi connectivity index (χ0v) is 12.6. The first-order valence-corrected chi connectivity index (χ1v) is 8.26. The summed E-state index contributed by atoms with van der Waals surface area (Å²) in [5.41, 5.74) is 0.167. The highest BCUT2D eigenvalue weighted by Gasteiger charge is 2.35. The Morgan fingerprint density at radius 2 is 2.10 bits per heavy atom. The van der Waals surface area contributed by atoms with Crippen LogP contribution in [0.3, 0.4) is 0 Å². The van der Waals surface area contributed by atoms with Crippen molar-refractivity contribution in [3.05, 3.63) is 39.4 Å². The number of sulfone groups is 1. The molecule has 0 spiro atoms. The first kappa shape index (κ1) is 15.4. The van der Waals surface area contributed by atoms with E-state index in [1.165, 1.54) is 18.0 Å². The quantitative estimate of drug-likeness (QED) is 0.616. The Labute approximate surface area is 122 Å². The van der Waals surface area contributed by atoms with Gasteiger partial charge in [0.05, 0.1) is 16.4 Å². The lowest BCUT2D eigenvalue weighted by Crippen LogP contribution is -2.38. The Hall–Kier alpha value is -1.96.